The number of halogens is 1. The van der Waals surface area contributed by atoms with Crippen molar-refractivity contribution in [3.05, 3.63) is 65.5 Å². The molecule has 0 radical (unpaired) electrons. The van der Waals surface area contributed by atoms with E-state index in [9.17, 15) is 9.18 Å². The Balaban J connectivity index is 2.11. The van der Waals surface area contributed by atoms with Crippen LogP contribution in [0.15, 0.2) is 48.5 Å². The molecule has 3 heteroatoms. The van der Waals surface area contributed by atoms with Gasteiger partial charge < -0.3 is 5.32 Å². The highest BCUT2D eigenvalue weighted by molar-refractivity contribution is 6.04. The number of benzene rings is 2. The summed E-state index contributed by atoms with van der Waals surface area (Å²) in [6, 6.07) is 13.3. The summed E-state index contributed by atoms with van der Waals surface area (Å²) in [4.78, 5) is 12.1. The Labute approximate surface area is 112 Å². The quantitative estimate of drug-likeness (QED) is 0.880. The Morgan fingerprint density at radius 1 is 1.16 bits per heavy atom. The van der Waals surface area contributed by atoms with Gasteiger partial charge in [0.1, 0.15) is 5.82 Å². The van der Waals surface area contributed by atoms with Crippen LogP contribution in [0, 0.1) is 5.82 Å². The lowest BCUT2D eigenvalue weighted by atomic mass is 10.1. The first-order chi connectivity index (χ1) is 9.19. The molecule has 0 aliphatic carbocycles. The van der Waals surface area contributed by atoms with Crippen molar-refractivity contribution in [3.63, 3.8) is 0 Å². The standard InChI is InChI=1S/C16H16FNO/c1-2-4-12-5-3-6-13(11-12)16(19)18-15-9-7-14(17)8-10-15/h3,5-11H,2,4H2,1H3,(H,18,19). The van der Waals surface area contributed by atoms with Crippen LogP contribution in [-0.2, 0) is 6.42 Å². The second-order valence-electron chi connectivity index (χ2n) is 4.41. The van der Waals surface area contributed by atoms with Crippen LogP contribution in [0.4, 0.5) is 10.1 Å². The van der Waals surface area contributed by atoms with E-state index in [0.717, 1.165) is 18.4 Å². The second-order valence-corrected chi connectivity index (χ2v) is 4.41. The number of nitrogens with one attached hydrogen (secondary N) is 1. The monoisotopic (exact) mass is 257 g/mol. The smallest absolute Gasteiger partial charge is 0.255 e. The summed E-state index contributed by atoms with van der Waals surface area (Å²) >= 11 is 0. The third kappa shape index (κ3) is 3.65. The predicted octanol–water partition coefficient (Wildman–Crippen LogP) is 4.03. The van der Waals surface area contributed by atoms with E-state index in [4.69, 9.17) is 0 Å². The van der Waals surface area contributed by atoms with Crippen LogP contribution in [0.25, 0.3) is 0 Å². The van der Waals surface area contributed by atoms with Crippen LogP contribution in [-0.4, -0.2) is 5.91 Å². The van der Waals surface area contributed by atoms with Gasteiger partial charge in [0.2, 0.25) is 0 Å². The van der Waals surface area contributed by atoms with Crippen LogP contribution >= 0.6 is 0 Å². The molecule has 98 valence electrons. The maximum atomic E-state index is 12.8. The van der Waals surface area contributed by atoms with Gasteiger partial charge >= 0.3 is 0 Å². The number of carbonyl (C=O) groups excluding carboxylic acids is 1. The number of carbonyl (C=O) groups is 1. The fraction of sp³-hybridized carbons (Fsp3) is 0.188. The van der Waals surface area contributed by atoms with Gasteiger partial charge in [0.15, 0.2) is 0 Å². The maximum absolute atomic E-state index is 12.8. The Morgan fingerprint density at radius 2 is 1.89 bits per heavy atom. The minimum absolute atomic E-state index is 0.176. The van der Waals surface area contributed by atoms with Crippen molar-refractivity contribution in [1.82, 2.24) is 0 Å². The zero-order valence-corrected chi connectivity index (χ0v) is 10.8. The minimum atomic E-state index is -0.317. The van der Waals surface area contributed by atoms with E-state index in [1.54, 1.807) is 18.2 Å². The third-order valence-electron chi connectivity index (χ3n) is 2.83. The van der Waals surface area contributed by atoms with Gasteiger partial charge in [-0.25, -0.2) is 4.39 Å². The summed E-state index contributed by atoms with van der Waals surface area (Å²) in [5.74, 6) is -0.493. The van der Waals surface area contributed by atoms with Crippen LogP contribution in [0.5, 0.6) is 0 Å². The van der Waals surface area contributed by atoms with Crippen molar-refractivity contribution in [2.75, 3.05) is 5.32 Å². The van der Waals surface area contributed by atoms with E-state index in [-0.39, 0.29) is 11.7 Å². The van der Waals surface area contributed by atoms with E-state index < -0.39 is 0 Å². The molecule has 0 aliphatic heterocycles. The van der Waals surface area contributed by atoms with E-state index in [2.05, 4.69) is 12.2 Å². The van der Waals surface area contributed by atoms with E-state index in [1.165, 1.54) is 12.1 Å². The van der Waals surface area contributed by atoms with Crippen molar-refractivity contribution in [3.8, 4) is 0 Å². The molecule has 0 unspecified atom stereocenters. The van der Waals surface area contributed by atoms with Gasteiger partial charge in [-0.3, -0.25) is 4.79 Å². The lowest BCUT2D eigenvalue weighted by Gasteiger charge is -2.06. The molecule has 0 fully saturated rings. The molecule has 0 saturated carbocycles. The normalized spacial score (nSPS) is 10.2. The summed E-state index contributed by atoms with van der Waals surface area (Å²) in [6.45, 7) is 2.10. The number of amides is 1. The predicted molar refractivity (Wildman–Crippen MR) is 74.8 cm³/mol. The highest BCUT2D eigenvalue weighted by Gasteiger charge is 2.06. The summed E-state index contributed by atoms with van der Waals surface area (Å²) in [7, 11) is 0. The highest BCUT2D eigenvalue weighted by atomic mass is 19.1. The van der Waals surface area contributed by atoms with Gasteiger partial charge in [-0.1, -0.05) is 25.5 Å². The molecule has 0 aromatic heterocycles. The fourth-order valence-electron chi connectivity index (χ4n) is 1.89. The van der Waals surface area contributed by atoms with Crippen LogP contribution < -0.4 is 5.32 Å². The molecule has 19 heavy (non-hydrogen) atoms. The highest BCUT2D eigenvalue weighted by Crippen LogP contribution is 2.12. The molecule has 2 aromatic carbocycles. The number of aryl methyl sites for hydroxylation is 1. The van der Waals surface area contributed by atoms with Gasteiger partial charge in [0.25, 0.3) is 5.91 Å². The molecular formula is C16H16FNO. The number of hydrogen-bond donors (Lipinski definition) is 1. The molecular weight excluding hydrogens is 241 g/mol. The molecule has 2 aromatic rings. The number of hydrogen-bond acceptors (Lipinski definition) is 1. The lowest BCUT2D eigenvalue weighted by molar-refractivity contribution is 0.102. The van der Waals surface area contributed by atoms with Crippen molar-refractivity contribution in [2.45, 2.75) is 19.8 Å². The summed E-state index contributed by atoms with van der Waals surface area (Å²) < 4.78 is 12.8. The van der Waals surface area contributed by atoms with E-state index >= 15 is 0 Å². The molecule has 0 saturated heterocycles. The van der Waals surface area contributed by atoms with Gasteiger partial charge in [-0.2, -0.15) is 0 Å². The summed E-state index contributed by atoms with van der Waals surface area (Å²) in [6.07, 6.45) is 2.00. The maximum Gasteiger partial charge on any atom is 0.255 e. The van der Waals surface area contributed by atoms with Crippen molar-refractivity contribution >= 4 is 11.6 Å². The van der Waals surface area contributed by atoms with Gasteiger partial charge in [-0.05, 0) is 48.4 Å². The SMILES string of the molecule is CCCc1cccc(C(=O)Nc2ccc(F)cc2)c1. The lowest BCUT2D eigenvalue weighted by Crippen LogP contribution is -2.12. The molecule has 1 N–H and O–H groups in total. The van der Waals surface area contributed by atoms with Gasteiger partial charge in [0, 0.05) is 11.3 Å². The molecule has 0 heterocycles. The fourth-order valence-corrected chi connectivity index (χ4v) is 1.89. The Kier molecular flexibility index (Phi) is 4.29. The Bertz CT molecular complexity index is 563. The zero-order valence-electron chi connectivity index (χ0n) is 10.8. The van der Waals surface area contributed by atoms with Crippen LogP contribution in [0.2, 0.25) is 0 Å². The van der Waals surface area contributed by atoms with Crippen molar-refractivity contribution in [2.24, 2.45) is 0 Å². The number of rotatable bonds is 4. The van der Waals surface area contributed by atoms with Gasteiger partial charge in [0.05, 0.1) is 0 Å². The van der Waals surface area contributed by atoms with Crippen molar-refractivity contribution in [1.29, 1.82) is 0 Å². The molecule has 1 amide bonds. The van der Waals surface area contributed by atoms with E-state index in [1.807, 2.05) is 18.2 Å². The molecule has 0 atom stereocenters. The molecule has 0 aliphatic rings. The second kappa shape index (κ2) is 6.14. The largest absolute Gasteiger partial charge is 0.322 e. The van der Waals surface area contributed by atoms with Crippen LogP contribution in [0.1, 0.15) is 29.3 Å². The van der Waals surface area contributed by atoms with Crippen molar-refractivity contribution < 1.29 is 9.18 Å². The Morgan fingerprint density at radius 3 is 2.58 bits per heavy atom. The van der Waals surface area contributed by atoms with Gasteiger partial charge in [-0.15, -0.1) is 0 Å². The average Bonchev–Trinajstić information content (AvgIpc) is 2.42. The third-order valence-corrected chi connectivity index (χ3v) is 2.83. The molecule has 2 rings (SSSR count). The first kappa shape index (κ1) is 13.3. The molecule has 2 nitrogen and oxygen atoms in total. The van der Waals surface area contributed by atoms with Crippen LogP contribution in [0.3, 0.4) is 0 Å². The van der Waals surface area contributed by atoms with E-state index in [0.29, 0.717) is 11.3 Å². The average molecular weight is 257 g/mol. The first-order valence-electron chi connectivity index (χ1n) is 6.35. The summed E-state index contributed by atoms with van der Waals surface area (Å²) in [5.41, 5.74) is 2.36. The number of anilines is 1. The molecule has 0 spiro atoms. The summed E-state index contributed by atoms with van der Waals surface area (Å²) in [5, 5.41) is 2.75. The minimum Gasteiger partial charge on any atom is -0.322 e. The first-order valence-corrected chi connectivity index (χ1v) is 6.35. The topological polar surface area (TPSA) is 29.1 Å². The zero-order chi connectivity index (χ0) is 13.7. The Hall–Kier alpha value is -2.16. The molecule has 0 bridgehead atoms.